The number of hydrogen-bond acceptors (Lipinski definition) is 6. The van der Waals surface area contributed by atoms with Crippen molar-refractivity contribution in [1.82, 2.24) is 9.62 Å². The van der Waals surface area contributed by atoms with Crippen LogP contribution in [-0.2, 0) is 19.5 Å². The third-order valence-corrected chi connectivity index (χ3v) is 6.22. The largest absolute Gasteiger partial charge is 0.478 e. The molecule has 1 aromatic rings. The van der Waals surface area contributed by atoms with Gasteiger partial charge >= 0.3 is 0 Å². The van der Waals surface area contributed by atoms with Gasteiger partial charge in [-0.15, -0.1) is 0 Å². The second-order valence-electron chi connectivity index (χ2n) is 6.58. The molecule has 0 aromatic heterocycles. The Bertz CT molecular complexity index is 892. The minimum absolute atomic E-state index is 0.120. The minimum Gasteiger partial charge on any atom is -0.478 e. The molecule has 1 saturated heterocycles. The quantitative estimate of drug-likeness (QED) is 0.830. The fourth-order valence-electron chi connectivity index (χ4n) is 3.10. The van der Waals surface area contributed by atoms with Crippen molar-refractivity contribution >= 4 is 15.9 Å². The summed E-state index contributed by atoms with van der Waals surface area (Å²) in [7, 11) is -3.66. The zero-order chi connectivity index (χ0) is 19.6. The monoisotopic (exact) mass is 391 g/mol. The van der Waals surface area contributed by atoms with Crippen molar-refractivity contribution < 1.29 is 22.7 Å². The number of carbonyl (C=O) groups excluding carboxylic acids is 1. The van der Waals surface area contributed by atoms with Gasteiger partial charge in [0.25, 0.3) is 5.91 Å². The number of morpholine rings is 1. The Morgan fingerprint density at radius 2 is 1.85 bits per heavy atom. The van der Waals surface area contributed by atoms with Gasteiger partial charge in [0.05, 0.1) is 29.3 Å². The molecule has 2 heterocycles. The van der Waals surface area contributed by atoms with E-state index in [2.05, 4.69) is 5.32 Å². The predicted molar refractivity (Wildman–Crippen MR) is 95.9 cm³/mol. The van der Waals surface area contributed by atoms with Crippen molar-refractivity contribution in [3.05, 3.63) is 41.3 Å². The van der Waals surface area contributed by atoms with Crippen LogP contribution in [0, 0.1) is 11.3 Å². The number of amides is 1. The van der Waals surface area contributed by atoms with Gasteiger partial charge in [0.2, 0.25) is 15.9 Å². The fraction of sp³-hybridized carbons (Fsp3) is 0.444. The normalized spacial score (nSPS) is 23.6. The third-order valence-electron chi connectivity index (χ3n) is 4.37. The Morgan fingerprint density at radius 1 is 1.22 bits per heavy atom. The van der Waals surface area contributed by atoms with Crippen LogP contribution in [0.5, 0.6) is 0 Å². The zero-order valence-corrected chi connectivity index (χ0v) is 16.0. The molecule has 1 N–H and O–H groups in total. The second-order valence-corrected chi connectivity index (χ2v) is 8.51. The van der Waals surface area contributed by atoms with E-state index in [9.17, 15) is 13.2 Å². The molecule has 144 valence electrons. The summed E-state index contributed by atoms with van der Waals surface area (Å²) < 4.78 is 37.9. The summed E-state index contributed by atoms with van der Waals surface area (Å²) in [4.78, 5) is 12.4. The number of carbonyl (C=O) groups is 1. The van der Waals surface area contributed by atoms with Crippen molar-refractivity contribution in [2.45, 2.75) is 37.4 Å². The topological polar surface area (TPSA) is 109 Å². The molecule has 0 saturated carbocycles. The first-order valence-electron chi connectivity index (χ1n) is 8.64. The molecule has 1 fully saturated rings. The maximum atomic E-state index is 12.8. The standard InChI is InChI=1S/C18H21N3O5S/c1-12-10-21(11-13(2)26-12)27(23,24)16-5-3-14(4-6-16)17(22)20-18-15(9-19)7-8-25-18/h3-6,12-13H,7-8,10-11H2,1-2H3,(H,20,22)/t12-,13+. The lowest BCUT2D eigenvalue weighted by Crippen LogP contribution is -2.48. The number of ether oxygens (including phenoxy) is 2. The van der Waals surface area contributed by atoms with Crippen LogP contribution >= 0.6 is 0 Å². The summed E-state index contributed by atoms with van der Waals surface area (Å²) in [5, 5.41) is 11.5. The molecule has 2 aliphatic heterocycles. The van der Waals surface area contributed by atoms with E-state index in [1.807, 2.05) is 19.9 Å². The third kappa shape index (κ3) is 4.13. The first-order valence-corrected chi connectivity index (χ1v) is 10.1. The first-order chi connectivity index (χ1) is 12.8. The number of hydrogen-bond donors (Lipinski definition) is 1. The highest BCUT2D eigenvalue weighted by atomic mass is 32.2. The Balaban J connectivity index is 1.75. The number of rotatable bonds is 4. The van der Waals surface area contributed by atoms with Gasteiger partial charge in [-0.25, -0.2) is 8.42 Å². The van der Waals surface area contributed by atoms with Crippen molar-refractivity contribution in [3.8, 4) is 6.07 Å². The van der Waals surface area contributed by atoms with E-state index in [4.69, 9.17) is 14.7 Å². The summed E-state index contributed by atoms with van der Waals surface area (Å²) in [6, 6.07) is 7.68. The molecule has 0 radical (unpaired) electrons. The highest BCUT2D eigenvalue weighted by Gasteiger charge is 2.32. The molecule has 1 aromatic carbocycles. The highest BCUT2D eigenvalue weighted by molar-refractivity contribution is 7.89. The Morgan fingerprint density at radius 3 is 2.44 bits per heavy atom. The molecular weight excluding hydrogens is 370 g/mol. The number of nitrogens with one attached hydrogen (secondary N) is 1. The summed E-state index contributed by atoms with van der Waals surface area (Å²) in [6.45, 7) is 4.60. The van der Waals surface area contributed by atoms with Gasteiger partial charge in [-0.3, -0.25) is 10.1 Å². The van der Waals surface area contributed by atoms with Gasteiger partial charge in [-0.2, -0.15) is 9.57 Å². The van der Waals surface area contributed by atoms with E-state index in [1.54, 1.807) is 0 Å². The molecule has 1 amide bonds. The van der Waals surface area contributed by atoms with E-state index in [-0.39, 0.29) is 41.6 Å². The Kier molecular flexibility index (Phi) is 5.51. The number of nitrogens with zero attached hydrogens (tertiary/aromatic N) is 2. The van der Waals surface area contributed by atoms with E-state index in [1.165, 1.54) is 28.6 Å². The minimum atomic E-state index is -3.66. The van der Waals surface area contributed by atoms with Crippen molar-refractivity contribution in [2.24, 2.45) is 0 Å². The molecule has 0 aliphatic carbocycles. The maximum Gasteiger partial charge on any atom is 0.257 e. The average molecular weight is 391 g/mol. The van der Waals surface area contributed by atoms with Crippen LogP contribution < -0.4 is 5.32 Å². The van der Waals surface area contributed by atoms with E-state index < -0.39 is 15.9 Å². The summed E-state index contributed by atoms with van der Waals surface area (Å²) in [5.41, 5.74) is 0.663. The average Bonchev–Trinajstić information content (AvgIpc) is 3.08. The lowest BCUT2D eigenvalue weighted by atomic mass is 10.2. The van der Waals surface area contributed by atoms with Gasteiger partial charge in [0.1, 0.15) is 6.07 Å². The van der Waals surface area contributed by atoms with Crippen LogP contribution in [0.3, 0.4) is 0 Å². The molecule has 0 bridgehead atoms. The first kappa shape index (κ1) is 19.4. The molecule has 0 spiro atoms. The van der Waals surface area contributed by atoms with Gasteiger partial charge < -0.3 is 9.47 Å². The van der Waals surface area contributed by atoms with E-state index in [0.717, 1.165) is 0 Å². The summed E-state index contributed by atoms with van der Waals surface area (Å²) in [5.74, 6) is -0.298. The highest BCUT2D eigenvalue weighted by Crippen LogP contribution is 2.22. The number of sulfonamides is 1. The lowest BCUT2D eigenvalue weighted by Gasteiger charge is -2.34. The van der Waals surface area contributed by atoms with E-state index in [0.29, 0.717) is 18.6 Å². The Hall–Kier alpha value is -2.41. The second kappa shape index (κ2) is 7.68. The number of nitriles is 1. The Labute approximate surface area is 158 Å². The zero-order valence-electron chi connectivity index (χ0n) is 15.1. The van der Waals surface area contributed by atoms with Crippen LogP contribution in [0.1, 0.15) is 30.6 Å². The van der Waals surface area contributed by atoms with Gasteiger partial charge in [0.15, 0.2) is 0 Å². The van der Waals surface area contributed by atoms with Crippen LogP contribution in [-0.4, -0.2) is 50.5 Å². The molecular formula is C18H21N3O5S. The number of benzene rings is 1. The molecule has 2 atom stereocenters. The van der Waals surface area contributed by atoms with Crippen LogP contribution in [0.25, 0.3) is 0 Å². The predicted octanol–water partition coefficient (Wildman–Crippen LogP) is 1.37. The van der Waals surface area contributed by atoms with Gasteiger partial charge in [-0.05, 0) is 38.1 Å². The lowest BCUT2D eigenvalue weighted by molar-refractivity contribution is -0.0440. The van der Waals surface area contributed by atoms with Crippen LogP contribution in [0.2, 0.25) is 0 Å². The maximum absolute atomic E-state index is 12.8. The van der Waals surface area contributed by atoms with E-state index >= 15 is 0 Å². The van der Waals surface area contributed by atoms with Gasteiger partial charge in [-0.1, -0.05) is 0 Å². The van der Waals surface area contributed by atoms with Gasteiger partial charge in [0, 0.05) is 25.1 Å². The molecule has 8 nitrogen and oxygen atoms in total. The van der Waals surface area contributed by atoms with Crippen molar-refractivity contribution in [3.63, 3.8) is 0 Å². The molecule has 27 heavy (non-hydrogen) atoms. The smallest absolute Gasteiger partial charge is 0.257 e. The molecule has 0 unspecified atom stereocenters. The summed E-state index contributed by atoms with van der Waals surface area (Å²) in [6.07, 6.45) is 0.102. The molecule has 3 rings (SSSR count). The SMILES string of the molecule is C[C@@H]1CN(S(=O)(=O)c2ccc(C(=O)NC3=C(C#N)CCO3)cc2)C[C@H](C)O1. The van der Waals surface area contributed by atoms with Crippen molar-refractivity contribution in [1.29, 1.82) is 5.26 Å². The molecule has 9 heteroatoms. The van der Waals surface area contributed by atoms with Crippen molar-refractivity contribution in [2.75, 3.05) is 19.7 Å². The molecule has 2 aliphatic rings. The fourth-order valence-corrected chi connectivity index (χ4v) is 4.69. The summed E-state index contributed by atoms with van der Waals surface area (Å²) >= 11 is 0. The van der Waals surface area contributed by atoms with Crippen LogP contribution in [0.15, 0.2) is 40.6 Å². The van der Waals surface area contributed by atoms with Crippen LogP contribution in [0.4, 0.5) is 0 Å².